The van der Waals surface area contributed by atoms with Crippen LogP contribution in [-0.2, 0) is 0 Å². The molecule has 8 aromatic carbocycles. The third-order valence-corrected chi connectivity index (χ3v) is 9.32. The van der Waals surface area contributed by atoms with Gasteiger partial charge in [0.2, 0.25) is 0 Å². The molecule has 0 spiro atoms. The molecule has 0 unspecified atom stereocenters. The molecular formula is C41H24N2. The SMILES string of the molecule is c1ccc2c(c1)ccc1c3ccc(-c4ccc5c6ccccc6c6ccccc6c5c4)cc3n3c4ccccc4nc3c21. The first-order valence-electron chi connectivity index (χ1n) is 14.8. The first-order valence-corrected chi connectivity index (χ1v) is 14.8. The van der Waals surface area contributed by atoms with Gasteiger partial charge in [0, 0.05) is 10.8 Å². The average Bonchev–Trinajstić information content (AvgIpc) is 3.47. The molecule has 0 aliphatic heterocycles. The van der Waals surface area contributed by atoms with Crippen LogP contribution in [0.1, 0.15) is 0 Å². The first kappa shape index (κ1) is 22.9. The van der Waals surface area contributed by atoms with Crippen LogP contribution >= 0.6 is 0 Å². The Morgan fingerprint density at radius 1 is 0.372 bits per heavy atom. The van der Waals surface area contributed by atoms with Gasteiger partial charge in [-0.05, 0) is 83.9 Å². The molecule has 10 rings (SSSR count). The quantitative estimate of drug-likeness (QED) is 0.188. The third-order valence-electron chi connectivity index (χ3n) is 9.32. The number of hydrogen-bond donors (Lipinski definition) is 0. The van der Waals surface area contributed by atoms with Crippen LogP contribution in [0, 0.1) is 0 Å². The molecule has 0 aliphatic carbocycles. The molecule has 0 saturated heterocycles. The molecule has 2 heteroatoms. The van der Waals surface area contributed by atoms with E-state index in [0.29, 0.717) is 0 Å². The number of aromatic nitrogens is 2. The summed E-state index contributed by atoms with van der Waals surface area (Å²) in [4.78, 5) is 5.21. The van der Waals surface area contributed by atoms with Gasteiger partial charge in [0.1, 0.15) is 5.65 Å². The Morgan fingerprint density at radius 2 is 0.930 bits per heavy atom. The minimum absolute atomic E-state index is 1.01. The van der Waals surface area contributed by atoms with Crippen molar-refractivity contribution in [3.8, 4) is 11.1 Å². The van der Waals surface area contributed by atoms with Crippen molar-refractivity contribution < 1.29 is 0 Å². The Bertz CT molecular complexity index is 2750. The lowest BCUT2D eigenvalue weighted by Crippen LogP contribution is -1.93. The van der Waals surface area contributed by atoms with E-state index in [9.17, 15) is 0 Å². The topological polar surface area (TPSA) is 17.3 Å². The van der Waals surface area contributed by atoms with Crippen LogP contribution in [0.2, 0.25) is 0 Å². The van der Waals surface area contributed by atoms with Gasteiger partial charge < -0.3 is 0 Å². The van der Waals surface area contributed by atoms with E-state index in [0.717, 1.165) is 16.7 Å². The number of nitrogens with zero attached hydrogens (tertiary/aromatic N) is 2. The minimum atomic E-state index is 1.01. The Labute approximate surface area is 247 Å². The molecule has 10 aromatic rings. The highest BCUT2D eigenvalue weighted by Crippen LogP contribution is 2.40. The number of fused-ring (bicyclic) bond motifs is 16. The number of pyridine rings is 1. The zero-order valence-electron chi connectivity index (χ0n) is 23.3. The summed E-state index contributed by atoms with van der Waals surface area (Å²) in [6.45, 7) is 0. The van der Waals surface area contributed by atoms with Crippen molar-refractivity contribution in [2.75, 3.05) is 0 Å². The van der Waals surface area contributed by atoms with E-state index in [1.165, 1.54) is 75.9 Å². The maximum absolute atomic E-state index is 5.21. The molecule has 0 fully saturated rings. The van der Waals surface area contributed by atoms with Gasteiger partial charge in [-0.1, -0.05) is 121 Å². The lowest BCUT2D eigenvalue weighted by Gasteiger charge is -2.14. The monoisotopic (exact) mass is 544 g/mol. The van der Waals surface area contributed by atoms with Crippen molar-refractivity contribution >= 4 is 81.4 Å². The average molecular weight is 545 g/mol. The fourth-order valence-corrected chi connectivity index (χ4v) is 7.39. The Kier molecular flexibility index (Phi) is 4.48. The number of imidazole rings is 1. The fraction of sp³-hybridized carbons (Fsp3) is 0. The molecule has 0 amide bonds. The molecule has 0 N–H and O–H groups in total. The summed E-state index contributed by atoms with van der Waals surface area (Å²) in [7, 11) is 0. The van der Waals surface area contributed by atoms with Crippen molar-refractivity contribution in [1.29, 1.82) is 0 Å². The van der Waals surface area contributed by atoms with Crippen LogP contribution < -0.4 is 0 Å². The maximum Gasteiger partial charge on any atom is 0.147 e. The summed E-state index contributed by atoms with van der Waals surface area (Å²) in [5, 5.41) is 13.9. The van der Waals surface area contributed by atoms with E-state index in [2.05, 4.69) is 150 Å². The van der Waals surface area contributed by atoms with Gasteiger partial charge in [-0.3, -0.25) is 4.40 Å². The number of para-hydroxylation sites is 2. The molecule has 43 heavy (non-hydrogen) atoms. The second-order valence-electron chi connectivity index (χ2n) is 11.6. The van der Waals surface area contributed by atoms with Crippen molar-refractivity contribution in [1.82, 2.24) is 9.38 Å². The third kappa shape index (κ3) is 3.10. The maximum atomic E-state index is 5.21. The van der Waals surface area contributed by atoms with E-state index in [1.807, 2.05) is 0 Å². The highest BCUT2D eigenvalue weighted by molar-refractivity contribution is 6.26. The predicted octanol–water partition coefficient (Wildman–Crippen LogP) is 11.1. The van der Waals surface area contributed by atoms with E-state index in [-0.39, 0.29) is 0 Å². The molecule has 2 nitrogen and oxygen atoms in total. The Hall–Kier alpha value is -5.73. The highest BCUT2D eigenvalue weighted by atomic mass is 15.0. The molecule has 2 aromatic heterocycles. The van der Waals surface area contributed by atoms with E-state index in [4.69, 9.17) is 4.98 Å². The summed E-state index contributed by atoms with van der Waals surface area (Å²) in [6, 6.07) is 53.1. The van der Waals surface area contributed by atoms with E-state index >= 15 is 0 Å². The molecular weight excluding hydrogens is 520 g/mol. The summed E-state index contributed by atoms with van der Waals surface area (Å²) in [6.07, 6.45) is 0. The summed E-state index contributed by atoms with van der Waals surface area (Å²) >= 11 is 0. The van der Waals surface area contributed by atoms with Gasteiger partial charge in [0.15, 0.2) is 0 Å². The van der Waals surface area contributed by atoms with Crippen LogP contribution in [0.3, 0.4) is 0 Å². The van der Waals surface area contributed by atoms with Crippen molar-refractivity contribution in [3.63, 3.8) is 0 Å². The van der Waals surface area contributed by atoms with Gasteiger partial charge in [-0.25, -0.2) is 4.98 Å². The predicted molar refractivity (Wildman–Crippen MR) is 183 cm³/mol. The summed E-state index contributed by atoms with van der Waals surface area (Å²) < 4.78 is 2.37. The van der Waals surface area contributed by atoms with Crippen molar-refractivity contribution in [2.24, 2.45) is 0 Å². The molecule has 0 bridgehead atoms. The van der Waals surface area contributed by atoms with Crippen LogP contribution in [0.15, 0.2) is 146 Å². The van der Waals surface area contributed by atoms with Gasteiger partial charge in [-0.2, -0.15) is 0 Å². The second kappa shape index (κ2) is 8.40. The lowest BCUT2D eigenvalue weighted by atomic mass is 9.91. The fourth-order valence-electron chi connectivity index (χ4n) is 7.39. The molecule has 2 heterocycles. The molecule has 0 aliphatic rings. The van der Waals surface area contributed by atoms with Crippen LogP contribution in [0.25, 0.3) is 92.6 Å². The molecule has 198 valence electrons. The largest absolute Gasteiger partial charge is 0.292 e. The molecule has 0 atom stereocenters. The lowest BCUT2D eigenvalue weighted by molar-refractivity contribution is 1.32. The minimum Gasteiger partial charge on any atom is -0.292 e. The Balaban J connectivity index is 1.32. The van der Waals surface area contributed by atoms with Crippen LogP contribution in [0.5, 0.6) is 0 Å². The van der Waals surface area contributed by atoms with Gasteiger partial charge >= 0.3 is 0 Å². The zero-order chi connectivity index (χ0) is 28.1. The number of benzene rings is 8. The van der Waals surface area contributed by atoms with Gasteiger partial charge in [0.25, 0.3) is 0 Å². The summed E-state index contributed by atoms with van der Waals surface area (Å²) in [5.41, 5.74) is 6.74. The van der Waals surface area contributed by atoms with Crippen LogP contribution in [-0.4, -0.2) is 9.38 Å². The standard InChI is InChI=1S/C41H24N2/c1-2-10-28-25(9-1)17-22-35-34-21-19-27(24-39(34)43-38-16-8-7-15-37(38)42-41(43)40(28)35)26-18-20-33-31-13-4-3-11-29(31)30-12-5-6-14-32(30)36(33)23-26/h1-24H. The van der Waals surface area contributed by atoms with Crippen molar-refractivity contribution in [2.45, 2.75) is 0 Å². The Morgan fingerprint density at radius 3 is 1.70 bits per heavy atom. The zero-order valence-corrected chi connectivity index (χ0v) is 23.3. The van der Waals surface area contributed by atoms with Crippen LogP contribution in [0.4, 0.5) is 0 Å². The normalized spacial score (nSPS) is 12.2. The van der Waals surface area contributed by atoms with E-state index in [1.54, 1.807) is 0 Å². The van der Waals surface area contributed by atoms with Crippen molar-refractivity contribution in [3.05, 3.63) is 146 Å². The first-order chi connectivity index (χ1) is 21.3. The second-order valence-corrected chi connectivity index (χ2v) is 11.6. The number of hydrogen-bond acceptors (Lipinski definition) is 1. The summed E-state index contributed by atoms with van der Waals surface area (Å²) in [5.74, 6) is 0. The molecule has 0 radical (unpaired) electrons. The molecule has 0 saturated carbocycles. The highest BCUT2D eigenvalue weighted by Gasteiger charge is 2.17. The number of rotatable bonds is 1. The van der Waals surface area contributed by atoms with Gasteiger partial charge in [0.05, 0.1) is 16.6 Å². The smallest absolute Gasteiger partial charge is 0.147 e. The van der Waals surface area contributed by atoms with Gasteiger partial charge in [-0.15, -0.1) is 0 Å². The van der Waals surface area contributed by atoms with E-state index < -0.39 is 0 Å².